The number of rotatable bonds is 8. The molecule has 0 saturated heterocycles. The second-order valence-electron chi connectivity index (χ2n) is 7.04. The van der Waals surface area contributed by atoms with Crippen LogP contribution in [0.3, 0.4) is 0 Å². The van der Waals surface area contributed by atoms with Crippen molar-refractivity contribution >= 4 is 30.3 Å². The monoisotopic (exact) mass is 437 g/mol. The highest BCUT2D eigenvalue weighted by Crippen LogP contribution is 2.29. The number of hydrogen-bond donors (Lipinski definition) is 2. The third-order valence-corrected chi connectivity index (χ3v) is 4.93. The minimum absolute atomic E-state index is 0. The molecule has 0 saturated carbocycles. The minimum Gasteiger partial charge on any atom is -0.463 e. The predicted molar refractivity (Wildman–Crippen MR) is 130 cm³/mol. The van der Waals surface area contributed by atoms with E-state index in [1.54, 1.807) is 6.21 Å². The zero-order chi connectivity index (χ0) is 21.3. The van der Waals surface area contributed by atoms with Gasteiger partial charge in [-0.15, -0.1) is 12.4 Å². The summed E-state index contributed by atoms with van der Waals surface area (Å²) in [5.74, 6) is 4.91. The Morgan fingerprint density at radius 1 is 1.10 bits per heavy atom. The van der Waals surface area contributed by atoms with Gasteiger partial charge < -0.3 is 15.9 Å². The molecule has 5 nitrogen and oxygen atoms in total. The van der Waals surface area contributed by atoms with Crippen molar-refractivity contribution in [2.75, 3.05) is 11.9 Å². The number of anilines is 1. The molecular formula is C25H28ClN3O2. The topological polar surface area (TPSA) is 76.7 Å². The van der Waals surface area contributed by atoms with E-state index in [0.29, 0.717) is 0 Å². The number of hydrogen-bond acceptors (Lipinski definition) is 5. The Morgan fingerprint density at radius 2 is 1.81 bits per heavy atom. The van der Waals surface area contributed by atoms with Crippen LogP contribution >= 0.6 is 12.4 Å². The van der Waals surface area contributed by atoms with Crippen LogP contribution in [0.2, 0.25) is 0 Å². The van der Waals surface area contributed by atoms with Crippen molar-refractivity contribution in [3.8, 4) is 11.1 Å². The first-order valence-electron chi connectivity index (χ1n) is 10.0. The molecule has 0 amide bonds. The van der Waals surface area contributed by atoms with Crippen LogP contribution in [0.15, 0.2) is 77.9 Å². The van der Waals surface area contributed by atoms with Crippen LogP contribution in [-0.4, -0.2) is 18.8 Å². The van der Waals surface area contributed by atoms with E-state index < -0.39 is 0 Å². The average molecular weight is 438 g/mol. The Labute approximate surface area is 189 Å². The normalized spacial score (nSPS) is 11.5. The van der Waals surface area contributed by atoms with Crippen molar-refractivity contribution < 1.29 is 9.53 Å². The van der Waals surface area contributed by atoms with Gasteiger partial charge in [0, 0.05) is 12.6 Å². The van der Waals surface area contributed by atoms with Crippen molar-refractivity contribution in [3.05, 3.63) is 89.5 Å². The molecule has 0 aliphatic heterocycles. The highest BCUT2D eigenvalue weighted by Gasteiger charge is 2.16. The number of aryl methyl sites for hydroxylation is 1. The lowest BCUT2D eigenvalue weighted by Gasteiger charge is -2.22. The molecule has 0 heterocycles. The molecule has 1 unspecified atom stereocenters. The van der Waals surface area contributed by atoms with Gasteiger partial charge in [0.1, 0.15) is 6.61 Å². The Bertz CT molecular complexity index is 1010. The molecule has 0 radical (unpaired) electrons. The number of esters is 1. The molecule has 3 aromatic rings. The quantitative estimate of drug-likeness (QED) is 0.215. The van der Waals surface area contributed by atoms with E-state index in [4.69, 9.17) is 10.6 Å². The van der Waals surface area contributed by atoms with E-state index in [2.05, 4.69) is 47.7 Å². The maximum atomic E-state index is 11.4. The zero-order valence-electron chi connectivity index (χ0n) is 17.7. The summed E-state index contributed by atoms with van der Waals surface area (Å²) in [4.78, 5) is 11.4. The smallest absolute Gasteiger partial charge is 0.302 e. The fourth-order valence-corrected chi connectivity index (χ4v) is 3.40. The number of nitrogens with zero attached hydrogens (tertiary/aromatic N) is 1. The van der Waals surface area contributed by atoms with Gasteiger partial charge in [-0.1, -0.05) is 67.6 Å². The van der Waals surface area contributed by atoms with E-state index in [1.807, 2.05) is 42.5 Å². The molecule has 162 valence electrons. The highest BCUT2D eigenvalue weighted by atomic mass is 35.5. The van der Waals surface area contributed by atoms with Crippen LogP contribution in [0.5, 0.6) is 0 Å². The molecular weight excluding hydrogens is 410 g/mol. The summed E-state index contributed by atoms with van der Waals surface area (Å²) in [7, 11) is 0. The van der Waals surface area contributed by atoms with Crippen LogP contribution in [0.4, 0.5) is 5.69 Å². The van der Waals surface area contributed by atoms with Crippen molar-refractivity contribution in [2.24, 2.45) is 10.9 Å². The van der Waals surface area contributed by atoms with Crippen LogP contribution in [0.25, 0.3) is 11.1 Å². The number of benzene rings is 3. The SMILES string of the molecule is CCc1cc(C(COC(C)=O)Nc2ccc(C=NN)cc2)ccc1-c1ccccc1.Cl. The third kappa shape index (κ3) is 6.59. The van der Waals surface area contributed by atoms with Crippen LogP contribution in [-0.2, 0) is 16.0 Å². The number of hydrazone groups is 1. The van der Waals surface area contributed by atoms with Crippen LogP contribution in [0, 0.1) is 0 Å². The Morgan fingerprint density at radius 3 is 2.42 bits per heavy atom. The van der Waals surface area contributed by atoms with Crippen molar-refractivity contribution in [1.29, 1.82) is 0 Å². The van der Waals surface area contributed by atoms with Gasteiger partial charge >= 0.3 is 5.97 Å². The van der Waals surface area contributed by atoms with Crippen molar-refractivity contribution in [3.63, 3.8) is 0 Å². The number of carbonyl (C=O) groups excluding carboxylic acids is 1. The summed E-state index contributed by atoms with van der Waals surface area (Å²) in [5, 5.41) is 7.02. The van der Waals surface area contributed by atoms with Crippen molar-refractivity contribution in [2.45, 2.75) is 26.3 Å². The summed E-state index contributed by atoms with van der Waals surface area (Å²) in [6, 6.07) is 24.4. The fourth-order valence-electron chi connectivity index (χ4n) is 3.40. The van der Waals surface area contributed by atoms with Gasteiger partial charge in [0.15, 0.2) is 0 Å². The molecule has 0 spiro atoms. The molecule has 31 heavy (non-hydrogen) atoms. The molecule has 0 aliphatic carbocycles. The van der Waals surface area contributed by atoms with E-state index in [0.717, 1.165) is 23.2 Å². The largest absolute Gasteiger partial charge is 0.463 e. The first-order valence-corrected chi connectivity index (χ1v) is 10.0. The molecule has 3 N–H and O–H groups in total. The standard InChI is InChI=1S/C25H27N3O2.ClH/c1-3-20-15-22(11-14-24(20)21-7-5-4-6-8-21)25(17-30-18(2)29)28-23-12-9-19(10-13-23)16-27-26;/h4-16,25,28H,3,17,26H2,1-2H3;1H. The van der Waals surface area contributed by atoms with Gasteiger partial charge in [-0.25, -0.2) is 0 Å². The summed E-state index contributed by atoms with van der Waals surface area (Å²) < 4.78 is 5.34. The van der Waals surface area contributed by atoms with E-state index >= 15 is 0 Å². The molecule has 0 fully saturated rings. The Hall–Kier alpha value is -3.31. The number of carbonyl (C=O) groups is 1. The zero-order valence-corrected chi connectivity index (χ0v) is 18.6. The average Bonchev–Trinajstić information content (AvgIpc) is 2.78. The Balaban J connectivity index is 0.00000341. The molecule has 3 rings (SSSR count). The van der Waals surface area contributed by atoms with Crippen molar-refractivity contribution in [1.82, 2.24) is 0 Å². The van der Waals surface area contributed by atoms with E-state index in [1.165, 1.54) is 23.6 Å². The van der Waals surface area contributed by atoms with Gasteiger partial charge in [0.2, 0.25) is 0 Å². The molecule has 0 aromatic heterocycles. The highest BCUT2D eigenvalue weighted by molar-refractivity contribution is 5.85. The summed E-state index contributed by atoms with van der Waals surface area (Å²) in [6.45, 7) is 3.82. The lowest BCUT2D eigenvalue weighted by molar-refractivity contribution is -0.141. The van der Waals surface area contributed by atoms with Crippen LogP contribution < -0.4 is 11.2 Å². The maximum Gasteiger partial charge on any atom is 0.302 e. The number of halogens is 1. The fraction of sp³-hybridized carbons (Fsp3) is 0.200. The molecule has 6 heteroatoms. The molecule has 0 aliphatic rings. The lowest BCUT2D eigenvalue weighted by atomic mass is 9.94. The minimum atomic E-state index is -0.298. The summed E-state index contributed by atoms with van der Waals surface area (Å²) in [6.07, 6.45) is 2.50. The molecule has 3 aromatic carbocycles. The summed E-state index contributed by atoms with van der Waals surface area (Å²) >= 11 is 0. The first-order chi connectivity index (χ1) is 14.6. The van der Waals surface area contributed by atoms with E-state index in [9.17, 15) is 4.79 Å². The first kappa shape index (κ1) is 24.0. The number of nitrogens with one attached hydrogen (secondary N) is 1. The third-order valence-electron chi connectivity index (χ3n) is 4.93. The molecule has 1 atom stereocenters. The summed E-state index contributed by atoms with van der Waals surface area (Å²) in [5.41, 5.74) is 6.58. The number of ether oxygens (including phenoxy) is 1. The molecule has 0 bridgehead atoms. The lowest BCUT2D eigenvalue weighted by Crippen LogP contribution is -2.19. The maximum absolute atomic E-state index is 11.4. The van der Waals surface area contributed by atoms with Gasteiger partial charge in [0.25, 0.3) is 0 Å². The van der Waals surface area contributed by atoms with Gasteiger partial charge in [0.05, 0.1) is 12.3 Å². The predicted octanol–water partition coefficient (Wildman–Crippen LogP) is 5.35. The van der Waals surface area contributed by atoms with E-state index in [-0.39, 0.29) is 31.0 Å². The Kier molecular flexibility index (Phi) is 9.10. The second kappa shape index (κ2) is 11.8. The van der Waals surface area contributed by atoms with Crippen LogP contribution in [0.1, 0.15) is 36.6 Å². The second-order valence-corrected chi connectivity index (χ2v) is 7.04. The van der Waals surface area contributed by atoms with Gasteiger partial charge in [-0.2, -0.15) is 5.10 Å². The number of nitrogens with two attached hydrogens (primary N) is 1. The van der Waals surface area contributed by atoms with Gasteiger partial charge in [-0.05, 0) is 46.4 Å². The van der Waals surface area contributed by atoms with Gasteiger partial charge in [-0.3, -0.25) is 4.79 Å².